The molecule has 0 saturated carbocycles. The van der Waals surface area contributed by atoms with E-state index in [1.54, 1.807) is 14.0 Å². The fourth-order valence-corrected chi connectivity index (χ4v) is 2.37. The summed E-state index contributed by atoms with van der Waals surface area (Å²) >= 11 is 0. The fourth-order valence-electron chi connectivity index (χ4n) is 1.52. The van der Waals surface area contributed by atoms with Gasteiger partial charge < -0.3 is 5.32 Å². The SMILES string of the molecule is CCS(=O)(=O)N(C)CCCNc1cccc(C)n1. The van der Waals surface area contributed by atoms with Gasteiger partial charge in [0.25, 0.3) is 0 Å². The average Bonchev–Trinajstić information content (AvgIpc) is 2.34. The molecule has 0 bridgehead atoms. The molecule has 0 amide bonds. The lowest BCUT2D eigenvalue weighted by atomic mass is 10.3. The van der Waals surface area contributed by atoms with E-state index >= 15 is 0 Å². The highest BCUT2D eigenvalue weighted by atomic mass is 32.2. The zero-order valence-electron chi connectivity index (χ0n) is 11.2. The van der Waals surface area contributed by atoms with Crippen LogP contribution < -0.4 is 5.32 Å². The van der Waals surface area contributed by atoms with Gasteiger partial charge in [-0.15, -0.1) is 0 Å². The van der Waals surface area contributed by atoms with E-state index in [1.807, 2.05) is 25.1 Å². The van der Waals surface area contributed by atoms with E-state index in [9.17, 15) is 8.42 Å². The van der Waals surface area contributed by atoms with Gasteiger partial charge in [0.2, 0.25) is 10.0 Å². The Morgan fingerprint density at radius 2 is 2.11 bits per heavy atom. The van der Waals surface area contributed by atoms with Crippen LogP contribution in [-0.2, 0) is 10.0 Å². The lowest BCUT2D eigenvalue weighted by Gasteiger charge is -2.15. The Kier molecular flexibility index (Phi) is 5.55. The number of rotatable bonds is 7. The van der Waals surface area contributed by atoms with Crippen LogP contribution in [0.3, 0.4) is 0 Å². The third-order valence-corrected chi connectivity index (χ3v) is 4.55. The van der Waals surface area contributed by atoms with Crippen LogP contribution in [0.15, 0.2) is 18.2 Å². The van der Waals surface area contributed by atoms with Crippen LogP contribution in [0.2, 0.25) is 0 Å². The van der Waals surface area contributed by atoms with E-state index in [2.05, 4.69) is 10.3 Å². The van der Waals surface area contributed by atoms with Gasteiger partial charge >= 0.3 is 0 Å². The van der Waals surface area contributed by atoms with Gasteiger partial charge in [-0.25, -0.2) is 17.7 Å². The molecule has 0 aliphatic rings. The fraction of sp³-hybridized carbons (Fsp3) is 0.583. The molecular weight excluding hydrogens is 250 g/mol. The molecule has 0 aliphatic carbocycles. The number of aromatic nitrogens is 1. The van der Waals surface area contributed by atoms with Gasteiger partial charge in [-0.3, -0.25) is 0 Å². The second-order valence-electron chi connectivity index (χ2n) is 4.17. The van der Waals surface area contributed by atoms with Crippen molar-refractivity contribution in [2.75, 3.05) is 31.2 Å². The predicted octanol–water partition coefficient (Wildman–Crippen LogP) is 1.47. The lowest BCUT2D eigenvalue weighted by Crippen LogP contribution is -2.30. The number of aryl methyl sites for hydroxylation is 1. The van der Waals surface area contributed by atoms with Crippen molar-refractivity contribution in [1.82, 2.24) is 9.29 Å². The standard InChI is InChI=1S/C12H21N3O2S/c1-4-18(16,17)15(3)10-6-9-13-12-8-5-7-11(2)14-12/h5,7-8H,4,6,9-10H2,1-3H3,(H,13,14). The second-order valence-corrected chi connectivity index (χ2v) is 6.53. The van der Waals surface area contributed by atoms with Gasteiger partial charge in [0, 0.05) is 25.8 Å². The minimum atomic E-state index is -3.06. The zero-order valence-corrected chi connectivity index (χ0v) is 12.0. The summed E-state index contributed by atoms with van der Waals surface area (Å²) in [6.07, 6.45) is 0.755. The summed E-state index contributed by atoms with van der Waals surface area (Å²) in [4.78, 5) is 4.31. The molecule has 0 fully saturated rings. The second kappa shape index (κ2) is 6.70. The first-order chi connectivity index (χ1) is 8.45. The van der Waals surface area contributed by atoms with Crippen molar-refractivity contribution in [1.29, 1.82) is 0 Å². The van der Waals surface area contributed by atoms with Crippen molar-refractivity contribution in [3.63, 3.8) is 0 Å². The van der Waals surface area contributed by atoms with Gasteiger partial charge in [-0.05, 0) is 32.4 Å². The lowest BCUT2D eigenvalue weighted by molar-refractivity contribution is 0.466. The Morgan fingerprint density at radius 1 is 1.39 bits per heavy atom. The summed E-state index contributed by atoms with van der Waals surface area (Å²) in [6, 6.07) is 5.78. The first-order valence-electron chi connectivity index (χ1n) is 6.07. The summed E-state index contributed by atoms with van der Waals surface area (Å²) in [5.74, 6) is 0.979. The molecule has 0 aromatic carbocycles. The topological polar surface area (TPSA) is 62.3 Å². The van der Waals surface area contributed by atoms with Crippen LogP contribution in [0.5, 0.6) is 0 Å². The molecule has 5 nitrogen and oxygen atoms in total. The number of nitrogens with zero attached hydrogens (tertiary/aromatic N) is 2. The van der Waals surface area contributed by atoms with Crippen molar-refractivity contribution < 1.29 is 8.42 Å². The van der Waals surface area contributed by atoms with Gasteiger partial charge in [0.15, 0.2) is 0 Å². The molecule has 0 spiro atoms. The molecule has 0 unspecified atom stereocenters. The van der Waals surface area contributed by atoms with Crippen LogP contribution in [0.25, 0.3) is 0 Å². The molecule has 0 atom stereocenters. The number of hydrogen-bond acceptors (Lipinski definition) is 4. The average molecular weight is 271 g/mol. The summed E-state index contributed by atoms with van der Waals surface area (Å²) in [5, 5.41) is 3.18. The summed E-state index contributed by atoms with van der Waals surface area (Å²) in [6.45, 7) is 4.82. The van der Waals surface area contributed by atoms with Crippen LogP contribution in [0, 0.1) is 6.92 Å². The van der Waals surface area contributed by atoms with E-state index in [0.29, 0.717) is 13.1 Å². The highest BCUT2D eigenvalue weighted by molar-refractivity contribution is 7.89. The van der Waals surface area contributed by atoms with Gasteiger partial charge in [0.05, 0.1) is 5.75 Å². The third-order valence-electron chi connectivity index (χ3n) is 2.68. The smallest absolute Gasteiger partial charge is 0.213 e. The Balaban J connectivity index is 2.31. The molecule has 1 rings (SSSR count). The van der Waals surface area contributed by atoms with Crippen molar-refractivity contribution in [3.8, 4) is 0 Å². The molecule has 1 heterocycles. The molecule has 0 radical (unpaired) electrons. The minimum Gasteiger partial charge on any atom is -0.370 e. The molecule has 18 heavy (non-hydrogen) atoms. The Hall–Kier alpha value is -1.14. The molecule has 1 aromatic rings. The molecule has 102 valence electrons. The quantitative estimate of drug-likeness (QED) is 0.763. The molecule has 6 heteroatoms. The van der Waals surface area contributed by atoms with E-state index in [4.69, 9.17) is 0 Å². The van der Waals surface area contributed by atoms with Crippen LogP contribution in [0.1, 0.15) is 19.0 Å². The highest BCUT2D eigenvalue weighted by Crippen LogP contribution is 2.04. The summed E-state index contributed by atoms with van der Waals surface area (Å²) in [5.41, 5.74) is 0.964. The molecular formula is C12H21N3O2S. The monoisotopic (exact) mass is 271 g/mol. The van der Waals surface area contributed by atoms with Crippen LogP contribution >= 0.6 is 0 Å². The van der Waals surface area contributed by atoms with Crippen LogP contribution in [-0.4, -0.2) is 43.6 Å². The van der Waals surface area contributed by atoms with Crippen LogP contribution in [0.4, 0.5) is 5.82 Å². The maximum absolute atomic E-state index is 11.5. The van der Waals surface area contributed by atoms with Gasteiger partial charge in [-0.2, -0.15) is 0 Å². The number of nitrogens with one attached hydrogen (secondary N) is 1. The Labute approximate surface area is 109 Å². The normalized spacial score (nSPS) is 11.8. The summed E-state index contributed by atoms with van der Waals surface area (Å²) < 4.78 is 24.4. The zero-order chi connectivity index (χ0) is 13.6. The maximum atomic E-state index is 11.5. The van der Waals surface area contributed by atoms with Crippen molar-refractivity contribution in [2.24, 2.45) is 0 Å². The van der Waals surface area contributed by atoms with Crippen molar-refractivity contribution in [3.05, 3.63) is 23.9 Å². The molecule has 0 saturated heterocycles. The van der Waals surface area contributed by atoms with E-state index in [0.717, 1.165) is 17.9 Å². The summed E-state index contributed by atoms with van der Waals surface area (Å²) in [7, 11) is -1.45. The van der Waals surface area contributed by atoms with Crippen molar-refractivity contribution in [2.45, 2.75) is 20.3 Å². The molecule has 1 aromatic heterocycles. The first-order valence-corrected chi connectivity index (χ1v) is 7.68. The van der Waals surface area contributed by atoms with Gasteiger partial charge in [0.1, 0.15) is 5.82 Å². The highest BCUT2D eigenvalue weighted by Gasteiger charge is 2.13. The van der Waals surface area contributed by atoms with Gasteiger partial charge in [-0.1, -0.05) is 6.07 Å². The van der Waals surface area contributed by atoms with Crippen molar-refractivity contribution >= 4 is 15.8 Å². The first kappa shape index (κ1) is 14.9. The Bertz CT molecular complexity index is 474. The van der Waals surface area contributed by atoms with E-state index in [-0.39, 0.29) is 5.75 Å². The minimum absolute atomic E-state index is 0.149. The number of hydrogen-bond donors (Lipinski definition) is 1. The Morgan fingerprint density at radius 3 is 2.72 bits per heavy atom. The number of sulfonamides is 1. The predicted molar refractivity (Wildman–Crippen MR) is 74.2 cm³/mol. The maximum Gasteiger partial charge on any atom is 0.213 e. The number of pyridine rings is 1. The van der Waals surface area contributed by atoms with E-state index < -0.39 is 10.0 Å². The molecule has 0 aliphatic heterocycles. The largest absolute Gasteiger partial charge is 0.370 e. The third kappa shape index (κ3) is 4.62. The van der Waals surface area contributed by atoms with E-state index in [1.165, 1.54) is 4.31 Å². The molecule has 1 N–H and O–H groups in total. The number of anilines is 1.